The van der Waals surface area contributed by atoms with Crippen molar-refractivity contribution in [2.75, 3.05) is 39.9 Å². The van der Waals surface area contributed by atoms with Gasteiger partial charge in [-0.1, -0.05) is 0 Å². The summed E-state index contributed by atoms with van der Waals surface area (Å²) in [6.07, 6.45) is 4.11. The molecule has 7 nitrogen and oxygen atoms in total. The molecule has 0 aromatic heterocycles. The smallest absolute Gasteiger partial charge is 0.407 e. The number of carbonyl (C=O) groups is 1. The van der Waals surface area contributed by atoms with E-state index in [1.54, 1.807) is 7.11 Å². The zero-order valence-corrected chi connectivity index (χ0v) is 19.8. The fourth-order valence-electron chi connectivity index (χ4n) is 3.20. The quantitative estimate of drug-likeness (QED) is 0.322. The molecule has 0 radical (unpaired) electrons. The third-order valence-corrected chi connectivity index (χ3v) is 4.90. The highest BCUT2D eigenvalue weighted by molar-refractivity contribution is 14.0. The Kier molecular flexibility index (Phi) is 9.61. The van der Waals surface area contributed by atoms with Crippen molar-refractivity contribution in [1.29, 1.82) is 0 Å². The number of nitrogens with one attached hydrogen (secondary N) is 2. The van der Waals surface area contributed by atoms with Gasteiger partial charge in [0.25, 0.3) is 0 Å². The van der Waals surface area contributed by atoms with Crippen molar-refractivity contribution < 1.29 is 14.3 Å². The van der Waals surface area contributed by atoms with E-state index in [9.17, 15) is 4.79 Å². The third-order valence-electron chi connectivity index (χ3n) is 4.90. The van der Waals surface area contributed by atoms with E-state index in [2.05, 4.69) is 22.5 Å². The van der Waals surface area contributed by atoms with Crippen LogP contribution in [0.1, 0.15) is 53.4 Å². The summed E-state index contributed by atoms with van der Waals surface area (Å²) in [5.41, 5.74) is -0.135. The molecular weight excluding hydrogens is 459 g/mol. The number of ether oxygens (including phenoxy) is 2. The average Bonchev–Trinajstić information content (AvgIpc) is 3.17. The Balaban J connectivity index is 0.00000364. The Bertz CT molecular complexity index is 504. The molecule has 27 heavy (non-hydrogen) atoms. The third kappa shape index (κ3) is 8.41. The van der Waals surface area contributed by atoms with Crippen molar-refractivity contribution >= 4 is 36.0 Å². The van der Waals surface area contributed by atoms with Gasteiger partial charge in [-0.3, -0.25) is 4.99 Å². The van der Waals surface area contributed by atoms with Crippen LogP contribution < -0.4 is 10.6 Å². The first-order valence-electron chi connectivity index (χ1n) is 9.79. The molecule has 0 unspecified atom stereocenters. The highest BCUT2D eigenvalue weighted by Gasteiger charge is 2.42. The van der Waals surface area contributed by atoms with Crippen LogP contribution in [-0.4, -0.2) is 68.5 Å². The fraction of sp³-hybridized carbons (Fsp3) is 0.895. The van der Waals surface area contributed by atoms with Gasteiger partial charge < -0.3 is 25.0 Å². The maximum Gasteiger partial charge on any atom is 0.407 e. The number of alkyl carbamates (subject to hydrolysis) is 1. The van der Waals surface area contributed by atoms with Crippen LogP contribution in [0.25, 0.3) is 0 Å². The standard InChI is InChI=1S/C19H36N4O3.HI/c1-6-20-16(21-14-19(8-9-19)10-12-25-5)23-11-7-15(13-23)22-17(24)26-18(2,3)4;/h15H,6-14H2,1-5H3,(H,20,21)(H,22,24);1H/t15-;/m1./s1. The number of hydrogen-bond donors (Lipinski definition) is 2. The lowest BCUT2D eigenvalue weighted by molar-refractivity contribution is 0.0507. The van der Waals surface area contributed by atoms with E-state index < -0.39 is 5.60 Å². The van der Waals surface area contributed by atoms with Gasteiger partial charge in [0.05, 0.1) is 6.04 Å². The molecule has 158 valence electrons. The van der Waals surface area contributed by atoms with Crippen LogP contribution in [0.5, 0.6) is 0 Å². The lowest BCUT2D eigenvalue weighted by atomic mass is 10.0. The molecule has 1 aliphatic carbocycles. The molecule has 2 aliphatic rings. The second-order valence-electron chi connectivity index (χ2n) is 8.49. The van der Waals surface area contributed by atoms with Crippen molar-refractivity contribution in [2.45, 2.75) is 65.0 Å². The van der Waals surface area contributed by atoms with E-state index in [1.165, 1.54) is 12.8 Å². The molecule has 8 heteroatoms. The summed E-state index contributed by atoms with van der Waals surface area (Å²) in [5, 5.41) is 6.37. The summed E-state index contributed by atoms with van der Waals surface area (Å²) < 4.78 is 10.6. The Labute approximate surface area is 181 Å². The van der Waals surface area contributed by atoms with Crippen LogP contribution in [0.15, 0.2) is 4.99 Å². The van der Waals surface area contributed by atoms with Gasteiger partial charge >= 0.3 is 6.09 Å². The van der Waals surface area contributed by atoms with Gasteiger partial charge in [0.2, 0.25) is 0 Å². The fourth-order valence-corrected chi connectivity index (χ4v) is 3.20. The van der Waals surface area contributed by atoms with Crippen molar-refractivity contribution in [2.24, 2.45) is 10.4 Å². The van der Waals surface area contributed by atoms with Crippen LogP contribution in [0.3, 0.4) is 0 Å². The number of halogens is 1. The molecule has 1 heterocycles. The Hall–Kier alpha value is -0.770. The van der Waals surface area contributed by atoms with Crippen LogP contribution >= 0.6 is 24.0 Å². The molecule has 1 saturated carbocycles. The maximum atomic E-state index is 12.0. The molecule has 1 aliphatic heterocycles. The van der Waals surface area contributed by atoms with E-state index in [-0.39, 0.29) is 36.1 Å². The summed E-state index contributed by atoms with van der Waals surface area (Å²) in [6.45, 7) is 11.8. The first-order valence-corrected chi connectivity index (χ1v) is 9.79. The zero-order chi connectivity index (χ0) is 19.2. The van der Waals surface area contributed by atoms with Gasteiger partial charge in [0.15, 0.2) is 5.96 Å². The minimum atomic E-state index is -0.473. The Morgan fingerprint density at radius 2 is 2.04 bits per heavy atom. The lowest BCUT2D eigenvalue weighted by Gasteiger charge is -2.24. The van der Waals surface area contributed by atoms with Crippen LogP contribution in [0, 0.1) is 5.41 Å². The molecule has 2 fully saturated rings. The molecule has 0 bridgehead atoms. The number of nitrogens with zero attached hydrogens (tertiary/aromatic N) is 2. The number of carbonyl (C=O) groups excluding carboxylic acids is 1. The normalized spacial score (nSPS) is 21.4. The first kappa shape index (κ1) is 24.3. The topological polar surface area (TPSA) is 75.2 Å². The van der Waals surface area contributed by atoms with Gasteiger partial charge in [0, 0.05) is 39.9 Å². The molecular formula is C19H37IN4O3. The summed E-state index contributed by atoms with van der Waals surface area (Å²) in [6, 6.07) is 0.0945. The van der Waals surface area contributed by atoms with E-state index in [0.29, 0.717) is 5.41 Å². The van der Waals surface area contributed by atoms with Crippen LogP contribution in [0.2, 0.25) is 0 Å². The molecule has 2 N–H and O–H groups in total. The van der Waals surface area contributed by atoms with E-state index in [4.69, 9.17) is 14.5 Å². The Morgan fingerprint density at radius 1 is 1.33 bits per heavy atom. The van der Waals surface area contributed by atoms with Gasteiger partial charge in [-0.15, -0.1) is 24.0 Å². The minimum absolute atomic E-state index is 0. The second-order valence-corrected chi connectivity index (χ2v) is 8.49. The average molecular weight is 496 g/mol. The number of rotatable bonds is 7. The van der Waals surface area contributed by atoms with Gasteiger partial charge in [-0.25, -0.2) is 4.79 Å². The summed E-state index contributed by atoms with van der Waals surface area (Å²) >= 11 is 0. The predicted octanol–water partition coefficient (Wildman–Crippen LogP) is 2.99. The second kappa shape index (κ2) is 10.7. The molecule has 1 saturated heterocycles. The van der Waals surface area contributed by atoms with Gasteiger partial charge in [-0.2, -0.15) is 0 Å². The van der Waals surface area contributed by atoms with Gasteiger partial charge in [0.1, 0.15) is 5.60 Å². The van der Waals surface area contributed by atoms with Crippen molar-refractivity contribution in [1.82, 2.24) is 15.5 Å². The number of guanidine groups is 1. The lowest BCUT2D eigenvalue weighted by Crippen LogP contribution is -2.44. The number of aliphatic imine (C=N–C) groups is 1. The Morgan fingerprint density at radius 3 is 2.59 bits per heavy atom. The summed E-state index contributed by atoms with van der Waals surface area (Å²) in [5.74, 6) is 0.949. The first-order chi connectivity index (χ1) is 12.3. The van der Waals surface area contributed by atoms with Crippen molar-refractivity contribution in [3.63, 3.8) is 0 Å². The molecule has 2 rings (SSSR count). The number of methoxy groups -OCH3 is 1. The van der Waals surface area contributed by atoms with Gasteiger partial charge in [-0.05, 0) is 58.8 Å². The summed E-state index contributed by atoms with van der Waals surface area (Å²) in [4.78, 5) is 19.1. The van der Waals surface area contributed by atoms with E-state index in [0.717, 1.165) is 51.6 Å². The highest BCUT2D eigenvalue weighted by Crippen LogP contribution is 2.49. The monoisotopic (exact) mass is 496 g/mol. The largest absolute Gasteiger partial charge is 0.444 e. The van der Waals surface area contributed by atoms with Crippen molar-refractivity contribution in [3.05, 3.63) is 0 Å². The number of hydrogen-bond acceptors (Lipinski definition) is 4. The predicted molar refractivity (Wildman–Crippen MR) is 119 cm³/mol. The van der Waals surface area contributed by atoms with E-state index >= 15 is 0 Å². The highest BCUT2D eigenvalue weighted by atomic mass is 127. The minimum Gasteiger partial charge on any atom is -0.444 e. The van der Waals surface area contributed by atoms with Crippen LogP contribution in [0.4, 0.5) is 4.79 Å². The number of likely N-dealkylation sites (tertiary alicyclic amines) is 1. The number of amides is 1. The van der Waals surface area contributed by atoms with Crippen molar-refractivity contribution in [3.8, 4) is 0 Å². The molecule has 1 amide bonds. The van der Waals surface area contributed by atoms with Crippen LogP contribution in [-0.2, 0) is 9.47 Å². The maximum absolute atomic E-state index is 12.0. The zero-order valence-electron chi connectivity index (χ0n) is 17.5. The SMILES string of the molecule is CCNC(=NCC1(CCOC)CC1)N1CC[C@@H](NC(=O)OC(C)(C)C)C1.I. The molecule has 0 aromatic carbocycles. The van der Waals surface area contributed by atoms with E-state index in [1.807, 2.05) is 20.8 Å². The molecule has 0 spiro atoms. The summed E-state index contributed by atoms with van der Waals surface area (Å²) in [7, 11) is 1.76. The molecule has 1 atom stereocenters. The molecule has 0 aromatic rings.